The Balaban J connectivity index is 1.98. The van der Waals surface area contributed by atoms with Crippen LogP contribution in [-0.4, -0.2) is 9.97 Å². The Labute approximate surface area is 150 Å². The topological polar surface area (TPSA) is 28.7 Å². The summed E-state index contributed by atoms with van der Waals surface area (Å²) in [5.41, 5.74) is 6.03. The first-order valence-electron chi connectivity index (χ1n) is 7.63. The van der Waals surface area contributed by atoms with Crippen LogP contribution in [0.4, 0.5) is 0 Å². The monoisotopic (exact) mass is 352 g/mol. The Bertz CT molecular complexity index is 1020. The molecule has 4 aromatic rings. The predicted molar refractivity (Wildman–Crippen MR) is 102 cm³/mol. The summed E-state index contributed by atoms with van der Waals surface area (Å²) in [6.45, 7) is 2.06. The lowest BCUT2D eigenvalue weighted by Crippen LogP contribution is -1.89. The molecule has 0 aliphatic heterocycles. The van der Waals surface area contributed by atoms with Crippen LogP contribution in [0.5, 0.6) is 0 Å². The molecule has 0 bridgehead atoms. The largest absolute Gasteiger partial charge is 0.338 e. The van der Waals surface area contributed by atoms with Crippen LogP contribution in [0.2, 0.25) is 10.0 Å². The molecule has 0 spiro atoms. The summed E-state index contributed by atoms with van der Waals surface area (Å²) < 4.78 is 0. The first-order chi connectivity index (χ1) is 11.6. The first-order valence-corrected chi connectivity index (χ1v) is 8.38. The van der Waals surface area contributed by atoms with E-state index in [-0.39, 0.29) is 0 Å². The molecular formula is C20H14Cl2N2. The van der Waals surface area contributed by atoms with Crippen molar-refractivity contribution in [3.63, 3.8) is 0 Å². The number of nitrogens with one attached hydrogen (secondary N) is 1. The predicted octanol–water partition coefficient (Wildman–Crippen LogP) is 6.51. The lowest BCUT2D eigenvalue weighted by atomic mass is 9.97. The average molecular weight is 353 g/mol. The van der Waals surface area contributed by atoms with Crippen LogP contribution in [0.1, 0.15) is 5.56 Å². The van der Waals surface area contributed by atoms with Crippen molar-refractivity contribution in [3.8, 4) is 22.5 Å². The lowest BCUT2D eigenvalue weighted by molar-refractivity contribution is 1.33. The molecule has 0 aliphatic carbocycles. The summed E-state index contributed by atoms with van der Waals surface area (Å²) in [6.07, 6.45) is 0. The quantitative estimate of drug-likeness (QED) is 0.437. The van der Waals surface area contributed by atoms with Gasteiger partial charge in [-0.25, -0.2) is 4.98 Å². The van der Waals surface area contributed by atoms with Crippen LogP contribution >= 0.6 is 23.2 Å². The number of aromatic amines is 1. The Kier molecular flexibility index (Phi) is 3.79. The first kappa shape index (κ1) is 15.3. The number of H-pyrrole nitrogens is 1. The number of aryl methyl sites for hydroxylation is 1. The summed E-state index contributed by atoms with van der Waals surface area (Å²) in [7, 11) is 0. The van der Waals surface area contributed by atoms with Gasteiger partial charge in [0.1, 0.15) is 5.82 Å². The summed E-state index contributed by atoms with van der Waals surface area (Å²) in [4.78, 5) is 8.11. The number of rotatable bonds is 2. The maximum absolute atomic E-state index is 6.43. The van der Waals surface area contributed by atoms with Crippen LogP contribution in [0, 0.1) is 6.92 Å². The summed E-state index contributed by atoms with van der Waals surface area (Å²) in [5.74, 6) is 0.822. The smallest absolute Gasteiger partial charge is 0.139 e. The van der Waals surface area contributed by atoms with Crippen LogP contribution in [0.25, 0.3) is 33.5 Å². The molecule has 0 atom stereocenters. The second kappa shape index (κ2) is 5.97. The van der Waals surface area contributed by atoms with Gasteiger partial charge in [-0.1, -0.05) is 59.1 Å². The number of imidazole rings is 1. The number of hydrogen-bond donors (Lipinski definition) is 1. The third-order valence-corrected chi connectivity index (χ3v) is 4.60. The standard InChI is InChI=1S/C20H14Cl2N2/c1-12-6-8-14(20-23-18-4-2-3-5-19(18)24-20)15(10-12)16-11-13(21)7-9-17(16)22/h2-11H,1H3,(H,23,24). The van der Waals surface area contributed by atoms with Crippen molar-refractivity contribution in [2.45, 2.75) is 6.92 Å². The zero-order valence-electron chi connectivity index (χ0n) is 13.0. The van der Waals surface area contributed by atoms with Crippen molar-refractivity contribution in [1.29, 1.82) is 0 Å². The Morgan fingerprint density at radius 3 is 2.50 bits per heavy atom. The highest BCUT2D eigenvalue weighted by molar-refractivity contribution is 6.35. The second-order valence-electron chi connectivity index (χ2n) is 5.78. The van der Waals surface area contributed by atoms with E-state index in [1.807, 2.05) is 36.4 Å². The summed E-state index contributed by atoms with van der Waals surface area (Å²) >= 11 is 12.6. The number of hydrogen-bond acceptors (Lipinski definition) is 1. The molecule has 0 radical (unpaired) electrons. The van der Waals surface area contributed by atoms with Crippen LogP contribution in [0.3, 0.4) is 0 Å². The molecule has 3 aromatic carbocycles. The minimum Gasteiger partial charge on any atom is -0.338 e. The van der Waals surface area contributed by atoms with Crippen molar-refractivity contribution in [2.75, 3.05) is 0 Å². The number of aromatic nitrogens is 2. The van der Waals surface area contributed by atoms with Crippen molar-refractivity contribution in [2.24, 2.45) is 0 Å². The Morgan fingerprint density at radius 1 is 0.833 bits per heavy atom. The van der Waals surface area contributed by atoms with Gasteiger partial charge in [0.15, 0.2) is 0 Å². The molecule has 2 nitrogen and oxygen atoms in total. The van der Waals surface area contributed by atoms with Crippen LogP contribution < -0.4 is 0 Å². The number of benzene rings is 3. The summed E-state index contributed by atoms with van der Waals surface area (Å²) in [6, 6.07) is 19.8. The molecule has 1 aromatic heterocycles. The van der Waals surface area contributed by atoms with E-state index in [0.717, 1.165) is 39.1 Å². The maximum Gasteiger partial charge on any atom is 0.139 e. The van der Waals surface area contributed by atoms with Gasteiger partial charge in [-0.05, 0) is 42.8 Å². The average Bonchev–Trinajstić information content (AvgIpc) is 3.00. The lowest BCUT2D eigenvalue weighted by Gasteiger charge is -2.11. The molecule has 4 rings (SSSR count). The SMILES string of the molecule is Cc1ccc(-c2nc3ccccc3[nH]2)c(-c2cc(Cl)ccc2Cl)c1. The van der Waals surface area contributed by atoms with E-state index >= 15 is 0 Å². The summed E-state index contributed by atoms with van der Waals surface area (Å²) in [5, 5.41) is 1.33. The molecule has 24 heavy (non-hydrogen) atoms. The van der Waals surface area contributed by atoms with Crippen LogP contribution in [-0.2, 0) is 0 Å². The molecule has 0 saturated carbocycles. The third-order valence-electron chi connectivity index (χ3n) is 4.04. The van der Waals surface area contributed by atoms with Crippen molar-refractivity contribution < 1.29 is 0 Å². The zero-order chi connectivity index (χ0) is 16.7. The highest BCUT2D eigenvalue weighted by atomic mass is 35.5. The minimum atomic E-state index is 0.659. The molecule has 0 fully saturated rings. The molecule has 0 aliphatic rings. The third kappa shape index (κ3) is 2.68. The van der Waals surface area contributed by atoms with Crippen molar-refractivity contribution in [3.05, 3.63) is 76.3 Å². The van der Waals surface area contributed by atoms with Crippen molar-refractivity contribution in [1.82, 2.24) is 9.97 Å². The molecule has 1 heterocycles. The highest BCUT2D eigenvalue weighted by Crippen LogP contribution is 2.37. The Morgan fingerprint density at radius 2 is 1.67 bits per heavy atom. The van der Waals surface area contributed by atoms with E-state index in [2.05, 4.69) is 30.1 Å². The van der Waals surface area contributed by atoms with Gasteiger partial charge >= 0.3 is 0 Å². The van der Waals surface area contributed by atoms with Gasteiger partial charge in [0.05, 0.1) is 11.0 Å². The zero-order valence-corrected chi connectivity index (χ0v) is 14.5. The van der Waals surface area contributed by atoms with E-state index in [1.54, 1.807) is 6.07 Å². The van der Waals surface area contributed by atoms with E-state index < -0.39 is 0 Å². The van der Waals surface area contributed by atoms with Gasteiger partial charge in [0.2, 0.25) is 0 Å². The van der Waals surface area contributed by atoms with E-state index in [4.69, 9.17) is 28.2 Å². The number of para-hydroxylation sites is 2. The molecule has 0 amide bonds. The van der Waals surface area contributed by atoms with Gasteiger partial charge in [0.25, 0.3) is 0 Å². The van der Waals surface area contributed by atoms with Gasteiger partial charge in [-0.2, -0.15) is 0 Å². The van der Waals surface area contributed by atoms with Crippen molar-refractivity contribution >= 4 is 34.2 Å². The number of nitrogens with zero attached hydrogens (tertiary/aromatic N) is 1. The van der Waals surface area contributed by atoms with Gasteiger partial charge in [0, 0.05) is 21.2 Å². The molecule has 118 valence electrons. The van der Waals surface area contributed by atoms with Gasteiger partial charge in [-0.3, -0.25) is 0 Å². The fourth-order valence-corrected chi connectivity index (χ4v) is 3.26. The van der Waals surface area contributed by atoms with Gasteiger partial charge < -0.3 is 4.98 Å². The second-order valence-corrected chi connectivity index (χ2v) is 6.62. The maximum atomic E-state index is 6.43. The highest BCUT2D eigenvalue weighted by Gasteiger charge is 2.14. The van der Waals surface area contributed by atoms with E-state index in [9.17, 15) is 0 Å². The molecule has 0 unspecified atom stereocenters. The molecular weight excluding hydrogens is 339 g/mol. The fourth-order valence-electron chi connectivity index (χ4n) is 2.87. The normalized spacial score (nSPS) is 11.1. The minimum absolute atomic E-state index is 0.659. The molecule has 0 saturated heterocycles. The number of halogens is 2. The Hall–Kier alpha value is -2.29. The van der Waals surface area contributed by atoms with E-state index in [1.165, 1.54) is 0 Å². The van der Waals surface area contributed by atoms with E-state index in [0.29, 0.717) is 10.0 Å². The van der Waals surface area contributed by atoms with Gasteiger partial charge in [-0.15, -0.1) is 0 Å². The van der Waals surface area contributed by atoms with Crippen LogP contribution in [0.15, 0.2) is 60.7 Å². The molecule has 4 heteroatoms. The number of fused-ring (bicyclic) bond motifs is 1. The fraction of sp³-hybridized carbons (Fsp3) is 0.0500. The molecule has 1 N–H and O–H groups in total.